The minimum atomic E-state index is -2.16. The second-order valence-corrected chi connectivity index (χ2v) is 10.5. The summed E-state index contributed by atoms with van der Waals surface area (Å²) in [5.74, 6) is 3.77. The number of nitro groups is 1. The van der Waals surface area contributed by atoms with Gasteiger partial charge in [0, 0.05) is 17.7 Å². The molecule has 0 fully saturated rings. The first kappa shape index (κ1) is 19.2. The molecule has 0 saturated carbocycles. The molecule has 0 radical (unpaired) electrons. The first-order valence-corrected chi connectivity index (χ1v) is 11.8. The Kier molecular flexibility index (Phi) is 4.85. The lowest BCUT2D eigenvalue weighted by Gasteiger charge is -2.30. The molecule has 0 atom stereocenters. The van der Waals surface area contributed by atoms with Crippen LogP contribution < -0.4 is 20.7 Å². The molecule has 0 spiro atoms. The van der Waals surface area contributed by atoms with Crippen LogP contribution in [0.4, 0.5) is 5.69 Å². The molecule has 1 aliphatic rings. The van der Waals surface area contributed by atoms with Crippen LogP contribution in [0.1, 0.15) is 5.56 Å². The van der Waals surface area contributed by atoms with E-state index in [1.807, 2.05) is 30.3 Å². The largest absolute Gasteiger partial charge is 0.449 e. The topological polar surface area (TPSA) is 52.4 Å². The predicted octanol–water partition coefficient (Wildman–Crippen LogP) is 5.28. The normalized spacial score (nSPS) is 14.1. The maximum absolute atomic E-state index is 11.1. The third-order valence-electron chi connectivity index (χ3n) is 5.47. The van der Waals surface area contributed by atoms with Crippen molar-refractivity contribution in [3.63, 3.8) is 0 Å². The molecule has 0 saturated heterocycles. The SMILES string of the molecule is O=[N+]([O-])c1ccc(C2=C[P+](c3ccccc3)(c3ccccc3)c3ccccc3O2)cc1. The summed E-state index contributed by atoms with van der Waals surface area (Å²) in [4.78, 5) is 10.7. The Morgan fingerprint density at radius 2 is 1.23 bits per heavy atom. The van der Waals surface area contributed by atoms with Gasteiger partial charge in [-0.15, -0.1) is 0 Å². The van der Waals surface area contributed by atoms with E-state index in [0.717, 1.165) is 22.4 Å². The lowest BCUT2D eigenvalue weighted by atomic mass is 10.2. The van der Waals surface area contributed by atoms with E-state index in [-0.39, 0.29) is 10.6 Å². The molecule has 0 unspecified atom stereocenters. The van der Waals surface area contributed by atoms with Crippen LogP contribution in [0, 0.1) is 10.1 Å². The molecule has 0 bridgehead atoms. The zero-order valence-electron chi connectivity index (χ0n) is 16.6. The minimum Gasteiger partial charge on any atom is -0.449 e. The van der Waals surface area contributed by atoms with Crippen LogP contribution >= 0.6 is 7.26 Å². The van der Waals surface area contributed by atoms with Gasteiger partial charge in [-0.05, 0) is 48.5 Å². The van der Waals surface area contributed by atoms with E-state index in [1.165, 1.54) is 22.7 Å². The van der Waals surface area contributed by atoms with Crippen molar-refractivity contribution in [1.82, 2.24) is 0 Å². The summed E-state index contributed by atoms with van der Waals surface area (Å²) in [5.41, 5.74) is 0.879. The van der Waals surface area contributed by atoms with Crippen LogP contribution in [0.25, 0.3) is 5.76 Å². The molecule has 150 valence electrons. The van der Waals surface area contributed by atoms with Crippen molar-refractivity contribution in [3.05, 3.63) is 131 Å². The monoisotopic (exact) mass is 424 g/mol. The molecule has 0 amide bonds. The summed E-state index contributed by atoms with van der Waals surface area (Å²) >= 11 is 0. The Morgan fingerprint density at radius 3 is 1.81 bits per heavy atom. The molecule has 4 aromatic rings. The third-order valence-corrected chi connectivity index (χ3v) is 9.44. The van der Waals surface area contributed by atoms with Gasteiger partial charge in [-0.25, -0.2) is 0 Å². The molecule has 0 aromatic heterocycles. The smallest absolute Gasteiger partial charge is 0.269 e. The number of non-ortho nitro benzene ring substituents is 1. The number of ether oxygens (including phenoxy) is 1. The summed E-state index contributed by atoms with van der Waals surface area (Å²) in [6, 6.07) is 35.7. The van der Waals surface area contributed by atoms with Gasteiger partial charge in [0.1, 0.15) is 23.7 Å². The zero-order chi connectivity index (χ0) is 21.3. The highest BCUT2D eigenvalue weighted by Crippen LogP contribution is 2.62. The molecule has 5 heteroatoms. The van der Waals surface area contributed by atoms with Crippen molar-refractivity contribution in [1.29, 1.82) is 0 Å². The van der Waals surface area contributed by atoms with Gasteiger partial charge < -0.3 is 4.74 Å². The number of fused-ring (bicyclic) bond motifs is 1. The van der Waals surface area contributed by atoms with Crippen LogP contribution in [0.15, 0.2) is 115 Å². The average Bonchev–Trinajstić information content (AvgIpc) is 2.84. The fourth-order valence-electron chi connectivity index (χ4n) is 4.01. The van der Waals surface area contributed by atoms with Crippen molar-refractivity contribution in [2.24, 2.45) is 0 Å². The molecule has 1 aliphatic heterocycles. The lowest BCUT2D eigenvalue weighted by Crippen LogP contribution is -2.33. The average molecular weight is 424 g/mol. The number of nitro benzene ring substituents is 1. The van der Waals surface area contributed by atoms with Gasteiger partial charge in [-0.2, -0.15) is 0 Å². The second-order valence-electron chi connectivity index (χ2n) is 7.26. The van der Waals surface area contributed by atoms with Gasteiger partial charge in [0.15, 0.2) is 16.8 Å². The number of hydrogen-bond acceptors (Lipinski definition) is 3. The number of benzene rings is 4. The van der Waals surface area contributed by atoms with Crippen LogP contribution in [-0.4, -0.2) is 4.92 Å². The lowest BCUT2D eigenvalue weighted by molar-refractivity contribution is -0.384. The quantitative estimate of drug-likeness (QED) is 0.254. The van der Waals surface area contributed by atoms with Gasteiger partial charge in [-0.3, -0.25) is 10.1 Å². The highest BCUT2D eigenvalue weighted by atomic mass is 31.2. The van der Waals surface area contributed by atoms with Gasteiger partial charge >= 0.3 is 0 Å². The zero-order valence-corrected chi connectivity index (χ0v) is 17.5. The predicted molar refractivity (Wildman–Crippen MR) is 127 cm³/mol. The highest BCUT2D eigenvalue weighted by Gasteiger charge is 2.49. The van der Waals surface area contributed by atoms with Crippen molar-refractivity contribution in [2.45, 2.75) is 0 Å². The number of para-hydroxylation sites is 1. The molecule has 5 rings (SSSR count). The molecular weight excluding hydrogens is 405 g/mol. The van der Waals surface area contributed by atoms with Gasteiger partial charge in [0.2, 0.25) is 0 Å². The van der Waals surface area contributed by atoms with E-state index in [2.05, 4.69) is 60.4 Å². The van der Waals surface area contributed by atoms with Crippen molar-refractivity contribution in [3.8, 4) is 5.75 Å². The number of rotatable bonds is 4. The third kappa shape index (κ3) is 3.31. The Hall–Kier alpha value is -3.75. The standard InChI is InChI=1S/C26H19NO3P/c28-27(29)21-17-15-20(16-18-21)25-19-31(22-9-3-1-4-10-22,23-11-5-2-6-12-23)26-14-8-7-13-24(26)30-25/h1-19H/q+1. The Morgan fingerprint density at radius 1 is 0.677 bits per heavy atom. The fraction of sp³-hybridized carbons (Fsp3) is 0. The number of nitrogens with zero attached hydrogens (tertiary/aromatic N) is 1. The van der Waals surface area contributed by atoms with Crippen molar-refractivity contribution < 1.29 is 9.66 Å². The van der Waals surface area contributed by atoms with E-state index in [9.17, 15) is 10.1 Å². The van der Waals surface area contributed by atoms with Gasteiger partial charge in [-0.1, -0.05) is 48.5 Å². The highest BCUT2D eigenvalue weighted by molar-refractivity contribution is 7.98. The molecular formula is C26H19NO3P+. The van der Waals surface area contributed by atoms with E-state index >= 15 is 0 Å². The molecule has 4 nitrogen and oxygen atoms in total. The van der Waals surface area contributed by atoms with Crippen molar-refractivity contribution in [2.75, 3.05) is 0 Å². The molecule has 0 aliphatic carbocycles. The van der Waals surface area contributed by atoms with E-state index < -0.39 is 7.26 Å². The Balaban J connectivity index is 1.79. The maximum Gasteiger partial charge on any atom is 0.269 e. The maximum atomic E-state index is 11.1. The fourth-order valence-corrected chi connectivity index (χ4v) is 7.93. The molecule has 4 aromatic carbocycles. The van der Waals surface area contributed by atoms with Gasteiger partial charge in [0.05, 0.1) is 4.92 Å². The van der Waals surface area contributed by atoms with E-state index in [0.29, 0.717) is 0 Å². The Labute approximate surface area is 180 Å². The second kappa shape index (κ2) is 7.82. The van der Waals surface area contributed by atoms with Crippen LogP contribution in [-0.2, 0) is 0 Å². The first-order valence-electron chi connectivity index (χ1n) is 9.93. The van der Waals surface area contributed by atoms with Crippen molar-refractivity contribution >= 4 is 34.6 Å². The summed E-state index contributed by atoms with van der Waals surface area (Å²) < 4.78 is 6.34. The van der Waals surface area contributed by atoms with E-state index in [4.69, 9.17) is 4.74 Å². The van der Waals surface area contributed by atoms with Gasteiger partial charge in [0.25, 0.3) is 5.69 Å². The number of hydrogen-bond donors (Lipinski definition) is 0. The first-order chi connectivity index (χ1) is 15.2. The molecule has 31 heavy (non-hydrogen) atoms. The summed E-state index contributed by atoms with van der Waals surface area (Å²) in [6.45, 7) is 0. The molecule has 1 heterocycles. The summed E-state index contributed by atoms with van der Waals surface area (Å²) in [5, 5.41) is 14.7. The van der Waals surface area contributed by atoms with Crippen LogP contribution in [0.2, 0.25) is 0 Å². The Bertz CT molecular complexity index is 1230. The minimum absolute atomic E-state index is 0.0627. The summed E-state index contributed by atoms with van der Waals surface area (Å²) in [6.07, 6.45) is 0. The summed E-state index contributed by atoms with van der Waals surface area (Å²) in [7, 11) is -2.16. The van der Waals surface area contributed by atoms with Crippen LogP contribution in [0.5, 0.6) is 5.75 Å². The molecule has 0 N–H and O–H groups in total. The van der Waals surface area contributed by atoms with Crippen LogP contribution in [0.3, 0.4) is 0 Å². The van der Waals surface area contributed by atoms with E-state index in [1.54, 1.807) is 12.1 Å².